The zero-order valence-electron chi connectivity index (χ0n) is 11.6. The maximum Gasteiger partial charge on any atom is 0.120 e. The van der Waals surface area contributed by atoms with E-state index in [1.54, 1.807) is 6.07 Å². The van der Waals surface area contributed by atoms with Gasteiger partial charge in [-0.25, -0.2) is 0 Å². The van der Waals surface area contributed by atoms with E-state index < -0.39 is 0 Å². The summed E-state index contributed by atoms with van der Waals surface area (Å²) < 4.78 is 0.994. The van der Waals surface area contributed by atoms with Gasteiger partial charge in [-0.05, 0) is 43.1 Å². The van der Waals surface area contributed by atoms with Crippen LogP contribution in [0.1, 0.15) is 30.5 Å². The molecular formula is C17H20BrNO. The first kappa shape index (κ1) is 15.1. The minimum Gasteiger partial charge on any atom is -0.508 e. The van der Waals surface area contributed by atoms with Gasteiger partial charge in [0.1, 0.15) is 5.75 Å². The molecule has 1 unspecified atom stereocenters. The van der Waals surface area contributed by atoms with Crippen LogP contribution in [0.4, 0.5) is 0 Å². The van der Waals surface area contributed by atoms with Crippen molar-refractivity contribution in [2.75, 3.05) is 6.54 Å². The van der Waals surface area contributed by atoms with E-state index in [0.29, 0.717) is 5.75 Å². The molecule has 0 saturated heterocycles. The Labute approximate surface area is 129 Å². The molecule has 3 heteroatoms. The Bertz CT molecular complexity index is 542. The molecule has 0 aliphatic rings. The minimum absolute atomic E-state index is 0.177. The predicted octanol–water partition coefficient (Wildman–Crippen LogP) is 4.44. The first-order valence-corrected chi connectivity index (χ1v) is 7.75. The average molecular weight is 334 g/mol. The number of halogens is 1. The smallest absolute Gasteiger partial charge is 0.120 e. The topological polar surface area (TPSA) is 32.3 Å². The lowest BCUT2D eigenvalue weighted by Crippen LogP contribution is -2.23. The monoisotopic (exact) mass is 333 g/mol. The molecule has 0 aliphatic carbocycles. The van der Waals surface area contributed by atoms with Crippen molar-refractivity contribution in [3.63, 3.8) is 0 Å². The van der Waals surface area contributed by atoms with Crippen LogP contribution in [0.2, 0.25) is 0 Å². The van der Waals surface area contributed by atoms with Crippen molar-refractivity contribution in [3.05, 3.63) is 64.1 Å². The Morgan fingerprint density at radius 3 is 2.60 bits per heavy atom. The minimum atomic E-state index is 0.177. The van der Waals surface area contributed by atoms with Gasteiger partial charge in [0.25, 0.3) is 0 Å². The molecule has 0 amide bonds. The van der Waals surface area contributed by atoms with Crippen LogP contribution in [0.3, 0.4) is 0 Å². The Hall–Kier alpha value is -1.32. The molecule has 0 spiro atoms. The molecule has 2 rings (SSSR count). The highest BCUT2D eigenvalue weighted by Crippen LogP contribution is 2.29. The van der Waals surface area contributed by atoms with E-state index in [-0.39, 0.29) is 6.04 Å². The molecular weight excluding hydrogens is 314 g/mol. The van der Waals surface area contributed by atoms with Gasteiger partial charge in [-0.15, -0.1) is 0 Å². The van der Waals surface area contributed by atoms with E-state index >= 15 is 0 Å². The van der Waals surface area contributed by atoms with E-state index in [0.717, 1.165) is 29.4 Å². The van der Waals surface area contributed by atoms with Crippen LogP contribution in [-0.4, -0.2) is 11.7 Å². The van der Waals surface area contributed by atoms with Gasteiger partial charge in [-0.3, -0.25) is 0 Å². The lowest BCUT2D eigenvalue weighted by atomic mass is 10.0. The van der Waals surface area contributed by atoms with E-state index in [4.69, 9.17) is 0 Å². The summed E-state index contributed by atoms with van der Waals surface area (Å²) in [6, 6.07) is 16.2. The van der Waals surface area contributed by atoms with Crippen molar-refractivity contribution in [2.24, 2.45) is 0 Å². The predicted molar refractivity (Wildman–Crippen MR) is 87.0 cm³/mol. The molecule has 2 nitrogen and oxygen atoms in total. The van der Waals surface area contributed by atoms with E-state index in [1.807, 2.05) is 18.2 Å². The highest BCUT2D eigenvalue weighted by Gasteiger charge is 2.13. The number of nitrogens with one attached hydrogen (secondary N) is 1. The first-order valence-electron chi connectivity index (χ1n) is 6.96. The number of phenolic OH excluding ortho intramolecular Hbond substituents is 1. The molecule has 0 aromatic heterocycles. The van der Waals surface area contributed by atoms with Crippen LogP contribution < -0.4 is 5.32 Å². The van der Waals surface area contributed by atoms with Gasteiger partial charge in [-0.1, -0.05) is 53.2 Å². The summed E-state index contributed by atoms with van der Waals surface area (Å²) in [5, 5.41) is 13.5. The molecule has 1 atom stereocenters. The zero-order valence-corrected chi connectivity index (χ0v) is 13.2. The number of rotatable bonds is 6. The Balaban J connectivity index is 1.97. The molecule has 20 heavy (non-hydrogen) atoms. The first-order chi connectivity index (χ1) is 9.70. The third-order valence-electron chi connectivity index (χ3n) is 3.42. The molecule has 0 heterocycles. The second kappa shape index (κ2) is 7.46. The Morgan fingerprint density at radius 2 is 1.90 bits per heavy atom. The van der Waals surface area contributed by atoms with Crippen LogP contribution in [0.25, 0.3) is 0 Å². The van der Waals surface area contributed by atoms with Crippen molar-refractivity contribution in [1.82, 2.24) is 5.32 Å². The second-order valence-electron chi connectivity index (χ2n) is 4.85. The third kappa shape index (κ3) is 4.09. The maximum atomic E-state index is 9.99. The highest BCUT2D eigenvalue weighted by atomic mass is 79.9. The van der Waals surface area contributed by atoms with Gasteiger partial charge in [-0.2, -0.15) is 0 Å². The summed E-state index contributed by atoms with van der Waals surface area (Å²) in [5.41, 5.74) is 2.28. The lowest BCUT2D eigenvalue weighted by Gasteiger charge is -2.19. The summed E-state index contributed by atoms with van der Waals surface area (Å²) in [6.45, 7) is 3.02. The Morgan fingerprint density at radius 1 is 1.15 bits per heavy atom. The fourth-order valence-corrected chi connectivity index (χ4v) is 2.69. The number of hydrogen-bond donors (Lipinski definition) is 2. The van der Waals surface area contributed by atoms with Gasteiger partial charge in [0.2, 0.25) is 0 Å². The quantitative estimate of drug-likeness (QED) is 0.819. The van der Waals surface area contributed by atoms with Gasteiger partial charge >= 0.3 is 0 Å². The highest BCUT2D eigenvalue weighted by molar-refractivity contribution is 9.10. The summed E-state index contributed by atoms with van der Waals surface area (Å²) in [7, 11) is 0. The van der Waals surface area contributed by atoms with Gasteiger partial charge in [0.05, 0.1) is 0 Å². The van der Waals surface area contributed by atoms with Gasteiger partial charge < -0.3 is 10.4 Å². The molecule has 2 N–H and O–H groups in total. The Kier molecular flexibility index (Phi) is 5.62. The third-order valence-corrected chi connectivity index (χ3v) is 3.91. The summed E-state index contributed by atoms with van der Waals surface area (Å²) in [4.78, 5) is 0. The standard InChI is InChI=1S/C17H20BrNO/c1-2-16(15-12-14(18)8-9-17(15)20)19-11-10-13-6-4-3-5-7-13/h3-9,12,16,19-20H,2,10-11H2,1H3. The second-order valence-corrected chi connectivity index (χ2v) is 5.77. The number of phenols is 1. The van der Waals surface area contributed by atoms with Crippen molar-refractivity contribution in [2.45, 2.75) is 25.8 Å². The fourth-order valence-electron chi connectivity index (χ4n) is 2.31. The summed E-state index contributed by atoms with van der Waals surface area (Å²) in [5.74, 6) is 0.354. The molecule has 2 aromatic rings. The van der Waals surface area contributed by atoms with E-state index in [1.165, 1.54) is 5.56 Å². The van der Waals surface area contributed by atoms with Crippen molar-refractivity contribution < 1.29 is 5.11 Å². The molecule has 0 bridgehead atoms. The van der Waals surface area contributed by atoms with Gasteiger partial charge in [0.15, 0.2) is 0 Å². The number of aromatic hydroxyl groups is 1. The molecule has 0 saturated carbocycles. The molecule has 106 valence electrons. The van der Waals surface area contributed by atoms with Crippen LogP contribution in [0.5, 0.6) is 5.75 Å². The lowest BCUT2D eigenvalue weighted by molar-refractivity contribution is 0.442. The molecule has 2 aromatic carbocycles. The van der Waals surface area contributed by atoms with Crippen LogP contribution in [0.15, 0.2) is 53.0 Å². The van der Waals surface area contributed by atoms with Crippen molar-refractivity contribution >= 4 is 15.9 Å². The van der Waals surface area contributed by atoms with Crippen molar-refractivity contribution in [3.8, 4) is 5.75 Å². The number of hydrogen-bond acceptors (Lipinski definition) is 2. The zero-order chi connectivity index (χ0) is 14.4. The largest absolute Gasteiger partial charge is 0.508 e. The molecule has 0 fully saturated rings. The summed E-state index contributed by atoms with van der Waals surface area (Å²) >= 11 is 3.46. The van der Waals surface area contributed by atoms with Crippen LogP contribution in [-0.2, 0) is 6.42 Å². The SMILES string of the molecule is CCC(NCCc1ccccc1)c1cc(Br)ccc1O. The van der Waals surface area contributed by atoms with Gasteiger partial charge in [0, 0.05) is 16.1 Å². The summed E-state index contributed by atoms with van der Waals surface area (Å²) in [6.07, 6.45) is 1.94. The maximum absolute atomic E-state index is 9.99. The number of benzene rings is 2. The van der Waals surface area contributed by atoms with E-state index in [9.17, 15) is 5.11 Å². The molecule has 0 radical (unpaired) electrons. The van der Waals surface area contributed by atoms with Crippen molar-refractivity contribution in [1.29, 1.82) is 0 Å². The fraction of sp³-hybridized carbons (Fsp3) is 0.294. The van der Waals surface area contributed by atoms with Crippen LogP contribution in [0, 0.1) is 0 Å². The average Bonchev–Trinajstić information content (AvgIpc) is 2.48. The van der Waals surface area contributed by atoms with Crippen LogP contribution >= 0.6 is 15.9 Å². The normalized spacial score (nSPS) is 12.3. The van der Waals surface area contributed by atoms with E-state index in [2.05, 4.69) is 52.4 Å². The molecule has 0 aliphatic heterocycles.